The van der Waals surface area contributed by atoms with Gasteiger partial charge in [-0.05, 0) is 28.7 Å². The maximum Gasteiger partial charge on any atom is 0.258 e. The van der Waals surface area contributed by atoms with E-state index in [1.807, 2.05) is 24.3 Å². The fourth-order valence-corrected chi connectivity index (χ4v) is 3.37. The number of amides is 1. The maximum absolute atomic E-state index is 13.0. The molecule has 24 heavy (non-hydrogen) atoms. The summed E-state index contributed by atoms with van der Waals surface area (Å²) < 4.78 is 0. The van der Waals surface area contributed by atoms with Gasteiger partial charge in [0, 0.05) is 13.1 Å². The van der Waals surface area contributed by atoms with Gasteiger partial charge in [0.15, 0.2) is 5.75 Å². The molecule has 122 valence electrons. The first kappa shape index (κ1) is 14.8. The average molecular weight is 321 g/mol. The van der Waals surface area contributed by atoms with Crippen LogP contribution in [0.25, 0.3) is 11.0 Å². The third-order valence-electron chi connectivity index (χ3n) is 4.68. The number of benzene rings is 2. The first-order valence-corrected chi connectivity index (χ1v) is 8.11. The maximum atomic E-state index is 13.0. The summed E-state index contributed by atoms with van der Waals surface area (Å²) in [6.45, 7) is 5.26. The van der Waals surface area contributed by atoms with Gasteiger partial charge in [-0.3, -0.25) is 4.79 Å². The molecule has 0 radical (unpaired) electrons. The van der Waals surface area contributed by atoms with Crippen LogP contribution in [-0.4, -0.2) is 25.9 Å². The van der Waals surface area contributed by atoms with Crippen molar-refractivity contribution in [3.63, 3.8) is 0 Å². The van der Waals surface area contributed by atoms with Gasteiger partial charge in [0.2, 0.25) is 0 Å². The number of nitrogens with zero attached hydrogens (tertiary/aromatic N) is 2. The molecule has 5 heteroatoms. The first-order valence-electron chi connectivity index (χ1n) is 8.11. The number of fused-ring (bicyclic) bond motifs is 2. The topological polar surface area (TPSA) is 69.2 Å². The molecule has 0 saturated heterocycles. The molecule has 0 fully saturated rings. The molecule has 4 rings (SSSR count). The van der Waals surface area contributed by atoms with E-state index in [-0.39, 0.29) is 17.6 Å². The zero-order chi connectivity index (χ0) is 16.8. The molecule has 2 N–H and O–H groups in total. The normalized spacial score (nSPS) is 13.7. The summed E-state index contributed by atoms with van der Waals surface area (Å²) in [6, 6.07) is 9.84. The van der Waals surface area contributed by atoms with Crippen molar-refractivity contribution in [1.29, 1.82) is 0 Å². The van der Waals surface area contributed by atoms with Crippen molar-refractivity contribution < 1.29 is 9.90 Å². The highest BCUT2D eigenvalue weighted by Gasteiger charge is 2.28. The predicted molar refractivity (Wildman–Crippen MR) is 91.9 cm³/mol. The zero-order valence-corrected chi connectivity index (χ0v) is 13.7. The summed E-state index contributed by atoms with van der Waals surface area (Å²) >= 11 is 0. The van der Waals surface area contributed by atoms with Crippen LogP contribution in [-0.2, 0) is 13.1 Å². The van der Waals surface area contributed by atoms with Gasteiger partial charge < -0.3 is 15.0 Å². The highest BCUT2D eigenvalue weighted by Crippen LogP contribution is 2.35. The molecule has 0 unspecified atom stereocenters. The fraction of sp³-hybridized carbons (Fsp3) is 0.263. The lowest BCUT2D eigenvalue weighted by atomic mass is 9.97. The molecule has 0 atom stereocenters. The number of aromatic amines is 1. The monoisotopic (exact) mass is 321 g/mol. The number of imidazole rings is 1. The van der Waals surface area contributed by atoms with E-state index in [2.05, 4.69) is 23.8 Å². The zero-order valence-electron chi connectivity index (χ0n) is 13.7. The summed E-state index contributed by atoms with van der Waals surface area (Å²) in [5, 5.41) is 10.6. The fourth-order valence-electron chi connectivity index (χ4n) is 3.37. The minimum absolute atomic E-state index is 0.0205. The molecule has 0 saturated carbocycles. The van der Waals surface area contributed by atoms with Gasteiger partial charge in [-0.25, -0.2) is 4.98 Å². The Morgan fingerprint density at radius 2 is 1.92 bits per heavy atom. The van der Waals surface area contributed by atoms with Gasteiger partial charge in [-0.2, -0.15) is 0 Å². The van der Waals surface area contributed by atoms with Crippen LogP contribution in [0.15, 0.2) is 36.7 Å². The second-order valence-corrected chi connectivity index (χ2v) is 6.57. The number of nitrogens with one attached hydrogen (secondary N) is 1. The summed E-state index contributed by atoms with van der Waals surface area (Å²) in [5.74, 6) is 0.0358. The number of carbonyl (C=O) groups is 1. The van der Waals surface area contributed by atoms with Crippen molar-refractivity contribution in [2.75, 3.05) is 0 Å². The van der Waals surface area contributed by atoms with Gasteiger partial charge in [0.05, 0.1) is 17.4 Å². The number of aromatic nitrogens is 2. The Labute approximate surface area is 139 Å². The molecule has 1 aliphatic rings. The van der Waals surface area contributed by atoms with Gasteiger partial charge in [0.1, 0.15) is 5.52 Å². The molecule has 3 aromatic rings. The number of hydrogen-bond acceptors (Lipinski definition) is 3. The number of phenolic OH excluding ortho intramolecular Hbond substituents is 1. The second kappa shape index (κ2) is 5.37. The van der Waals surface area contributed by atoms with Crippen molar-refractivity contribution in [2.45, 2.75) is 32.9 Å². The number of carbonyl (C=O) groups excluding carboxylic acids is 1. The quantitative estimate of drug-likeness (QED) is 0.758. The summed E-state index contributed by atoms with van der Waals surface area (Å²) in [7, 11) is 0. The molecule has 0 aliphatic carbocycles. The molecular formula is C19H19N3O2. The van der Waals surface area contributed by atoms with Crippen molar-refractivity contribution in [2.24, 2.45) is 0 Å². The van der Waals surface area contributed by atoms with Crippen LogP contribution >= 0.6 is 0 Å². The van der Waals surface area contributed by atoms with Crippen LogP contribution in [0, 0.1) is 0 Å². The van der Waals surface area contributed by atoms with Crippen molar-refractivity contribution >= 4 is 16.9 Å². The number of aromatic hydroxyl groups is 1. The lowest BCUT2D eigenvalue weighted by molar-refractivity contribution is 0.0748. The van der Waals surface area contributed by atoms with Crippen molar-refractivity contribution in [1.82, 2.24) is 14.9 Å². The minimum Gasteiger partial charge on any atom is -0.505 e. The molecule has 1 aromatic heterocycles. The Morgan fingerprint density at radius 1 is 1.25 bits per heavy atom. The van der Waals surface area contributed by atoms with Gasteiger partial charge in [-0.1, -0.05) is 38.1 Å². The van der Waals surface area contributed by atoms with E-state index in [4.69, 9.17) is 0 Å². The highest BCUT2D eigenvalue weighted by atomic mass is 16.3. The summed E-state index contributed by atoms with van der Waals surface area (Å²) in [4.78, 5) is 22.0. The van der Waals surface area contributed by atoms with Gasteiger partial charge >= 0.3 is 0 Å². The number of phenols is 1. The molecule has 1 amide bonds. The number of H-pyrrole nitrogens is 1. The molecule has 0 spiro atoms. The van der Waals surface area contributed by atoms with Crippen LogP contribution < -0.4 is 0 Å². The van der Waals surface area contributed by atoms with E-state index in [0.29, 0.717) is 24.2 Å². The van der Waals surface area contributed by atoms with E-state index < -0.39 is 0 Å². The lowest BCUT2D eigenvalue weighted by Gasteiger charge is -2.18. The van der Waals surface area contributed by atoms with Crippen LogP contribution in [0.4, 0.5) is 0 Å². The highest BCUT2D eigenvalue weighted by molar-refractivity contribution is 6.03. The second-order valence-electron chi connectivity index (χ2n) is 6.57. The van der Waals surface area contributed by atoms with Crippen molar-refractivity contribution in [3.05, 3.63) is 58.9 Å². The first-order chi connectivity index (χ1) is 11.6. The Kier molecular flexibility index (Phi) is 3.30. The molecule has 5 nitrogen and oxygen atoms in total. The Morgan fingerprint density at radius 3 is 2.54 bits per heavy atom. The van der Waals surface area contributed by atoms with Crippen molar-refractivity contribution in [3.8, 4) is 5.75 Å². The number of rotatable bonds is 2. The van der Waals surface area contributed by atoms with Crippen LogP contribution in [0.2, 0.25) is 0 Å². The van der Waals surface area contributed by atoms with Gasteiger partial charge in [-0.15, -0.1) is 0 Å². The minimum atomic E-state index is -0.151. The smallest absolute Gasteiger partial charge is 0.258 e. The number of hydrogen-bond donors (Lipinski definition) is 2. The SMILES string of the molecule is CC(C)c1cc(C(=O)N2Cc3ccccc3C2)c(O)c2[nH]cnc12. The van der Waals surface area contributed by atoms with E-state index in [0.717, 1.165) is 22.2 Å². The lowest BCUT2D eigenvalue weighted by Crippen LogP contribution is -2.25. The van der Waals surface area contributed by atoms with E-state index >= 15 is 0 Å². The van der Waals surface area contributed by atoms with Crippen LogP contribution in [0.3, 0.4) is 0 Å². The van der Waals surface area contributed by atoms with E-state index in [1.54, 1.807) is 17.3 Å². The standard InChI is InChI=1S/C19H19N3O2/c1-11(2)14-7-15(18(23)17-16(14)20-10-21-17)19(24)22-8-12-5-3-4-6-13(12)9-22/h3-7,10-11,23H,8-9H2,1-2H3,(H,20,21). The predicted octanol–water partition coefficient (Wildman–Crippen LogP) is 3.55. The van der Waals surface area contributed by atoms with Crippen LogP contribution in [0.5, 0.6) is 5.75 Å². The molecule has 1 aliphatic heterocycles. The van der Waals surface area contributed by atoms with E-state index in [1.165, 1.54) is 0 Å². The van der Waals surface area contributed by atoms with Gasteiger partial charge in [0.25, 0.3) is 5.91 Å². The molecule has 2 heterocycles. The molecule has 2 aromatic carbocycles. The Bertz CT molecular complexity index is 918. The Hall–Kier alpha value is -2.82. The summed E-state index contributed by atoms with van der Waals surface area (Å²) in [6.07, 6.45) is 1.55. The summed E-state index contributed by atoms with van der Waals surface area (Å²) in [5.41, 5.74) is 4.88. The van der Waals surface area contributed by atoms with Crippen LogP contribution in [0.1, 0.15) is 46.8 Å². The largest absolute Gasteiger partial charge is 0.505 e. The van der Waals surface area contributed by atoms with E-state index in [9.17, 15) is 9.90 Å². The third kappa shape index (κ3) is 2.16. The third-order valence-corrected chi connectivity index (χ3v) is 4.68. The average Bonchev–Trinajstić information content (AvgIpc) is 3.21. The molecule has 0 bridgehead atoms. The Balaban J connectivity index is 1.77. The molecular weight excluding hydrogens is 302 g/mol.